The van der Waals surface area contributed by atoms with E-state index in [1.54, 1.807) is 13.1 Å². The van der Waals surface area contributed by atoms with Gasteiger partial charge in [0.15, 0.2) is 0 Å². The van der Waals surface area contributed by atoms with Crippen LogP contribution in [0.15, 0.2) is 30.9 Å². The van der Waals surface area contributed by atoms with E-state index in [-0.39, 0.29) is 27.8 Å². The summed E-state index contributed by atoms with van der Waals surface area (Å²) in [6.45, 7) is 8.05. The van der Waals surface area contributed by atoms with E-state index < -0.39 is 6.10 Å². The van der Waals surface area contributed by atoms with E-state index in [1.807, 2.05) is 25.5 Å². The molecule has 0 amide bonds. The van der Waals surface area contributed by atoms with Crippen molar-refractivity contribution in [1.29, 1.82) is 0 Å². The van der Waals surface area contributed by atoms with Crippen LogP contribution in [0.4, 0.5) is 5.95 Å². The third-order valence-electron chi connectivity index (χ3n) is 4.43. The Balaban J connectivity index is 1.96. The Kier molecular flexibility index (Phi) is 6.45. The van der Waals surface area contributed by atoms with Gasteiger partial charge in [-0.05, 0) is 0 Å². The molecule has 0 aliphatic carbocycles. The number of aromatic nitrogens is 5. The molecule has 0 saturated carbocycles. The van der Waals surface area contributed by atoms with Gasteiger partial charge in [0.25, 0.3) is 0 Å². The fourth-order valence-corrected chi connectivity index (χ4v) is 4.92. The summed E-state index contributed by atoms with van der Waals surface area (Å²) in [4.78, 5) is 18.3. The van der Waals surface area contributed by atoms with Crippen molar-refractivity contribution in [3.8, 4) is 0 Å². The minimum absolute atomic E-state index is 0.0831. The number of hydrogen-bond donors (Lipinski definition) is 2. The molecule has 3 heterocycles. The number of aliphatic hydroxyl groups excluding tert-OH is 1. The molecule has 0 saturated heterocycles. The van der Waals surface area contributed by atoms with Crippen LogP contribution >= 0.6 is 0 Å². The molecule has 0 aromatic carbocycles. The number of fused-ring (bicyclic) bond motifs is 1. The van der Waals surface area contributed by atoms with Crippen molar-refractivity contribution >= 4 is 37.3 Å². The maximum absolute atomic E-state index is 9.97. The molecule has 0 aliphatic heterocycles. The van der Waals surface area contributed by atoms with Crippen molar-refractivity contribution in [2.75, 3.05) is 5.32 Å². The predicted octanol–water partition coefficient (Wildman–Crippen LogP) is 1.90. The third-order valence-corrected chi connectivity index (χ3v) is 6.81. The fraction of sp³-hybridized carbons (Fsp3) is 0.474. The Morgan fingerprint density at radius 3 is 2.70 bits per heavy atom. The van der Waals surface area contributed by atoms with Gasteiger partial charge >= 0.3 is 166 Å². The first kappa shape index (κ1) is 19.8. The molecule has 0 aliphatic rings. The van der Waals surface area contributed by atoms with Crippen LogP contribution < -0.4 is 9.80 Å². The first-order chi connectivity index (χ1) is 13.0. The molecule has 0 fully saturated rings. The number of imidazole rings is 1. The molecule has 3 aromatic rings. The number of pyridine rings is 1. The van der Waals surface area contributed by atoms with Gasteiger partial charge in [0.2, 0.25) is 0 Å². The molecule has 7 nitrogen and oxygen atoms in total. The number of hydrogen-bond acceptors (Lipinski definition) is 6. The van der Waals surface area contributed by atoms with Crippen molar-refractivity contribution in [2.45, 2.75) is 57.5 Å². The number of nitrogens with one attached hydrogen (secondary N) is 1. The zero-order valence-corrected chi connectivity index (χ0v) is 18.0. The average molecular weight is 429 g/mol. The minimum atomic E-state index is -0.476. The average Bonchev–Trinajstić information content (AvgIpc) is 3.09. The van der Waals surface area contributed by atoms with Gasteiger partial charge in [-0.2, -0.15) is 0 Å². The molecular formula is C19H26AsN6O. The van der Waals surface area contributed by atoms with Gasteiger partial charge in [0.05, 0.1) is 0 Å². The van der Waals surface area contributed by atoms with Crippen molar-refractivity contribution < 1.29 is 5.11 Å². The quantitative estimate of drug-likeness (QED) is 0.532. The van der Waals surface area contributed by atoms with Gasteiger partial charge in [0.1, 0.15) is 0 Å². The summed E-state index contributed by atoms with van der Waals surface area (Å²) in [5.74, 6) is 0.564. The van der Waals surface area contributed by atoms with Gasteiger partial charge in [0, 0.05) is 0 Å². The molecule has 2 atom stereocenters. The topological polar surface area (TPSA) is 88.8 Å². The van der Waals surface area contributed by atoms with Gasteiger partial charge in [-0.15, -0.1) is 0 Å². The van der Waals surface area contributed by atoms with E-state index in [4.69, 9.17) is 9.97 Å². The Labute approximate surface area is 166 Å². The Bertz CT molecular complexity index is 881. The van der Waals surface area contributed by atoms with Crippen LogP contribution in [0, 0.1) is 0 Å². The van der Waals surface area contributed by atoms with E-state index >= 15 is 0 Å². The van der Waals surface area contributed by atoms with Crippen LogP contribution in [-0.2, 0) is 5.21 Å². The molecule has 8 heteroatoms. The summed E-state index contributed by atoms with van der Waals surface area (Å²) in [6.07, 6.45) is 5.85. The molecular weight excluding hydrogens is 403 g/mol. The molecule has 2 unspecified atom stereocenters. The van der Waals surface area contributed by atoms with E-state index in [0.717, 1.165) is 27.3 Å². The van der Waals surface area contributed by atoms with E-state index in [2.05, 4.69) is 39.8 Å². The van der Waals surface area contributed by atoms with E-state index in [0.29, 0.717) is 5.95 Å². The van der Waals surface area contributed by atoms with Crippen molar-refractivity contribution in [1.82, 2.24) is 24.5 Å². The summed E-state index contributed by atoms with van der Waals surface area (Å²) >= 11 is -0.224. The summed E-state index contributed by atoms with van der Waals surface area (Å²) in [7, 11) is 0. The molecule has 143 valence electrons. The number of aliphatic hydroxyl groups is 1. The second kappa shape index (κ2) is 8.80. The van der Waals surface area contributed by atoms with Gasteiger partial charge < -0.3 is 0 Å². The number of anilines is 1. The molecule has 1 radical (unpaired) electrons. The number of nitrogens with zero attached hydrogens (tertiary/aromatic N) is 5. The van der Waals surface area contributed by atoms with Crippen molar-refractivity contribution in [3.05, 3.63) is 36.4 Å². The molecule has 3 aromatic heterocycles. The zero-order chi connectivity index (χ0) is 19.4. The third kappa shape index (κ3) is 4.65. The summed E-state index contributed by atoms with van der Waals surface area (Å²) in [5, 5.41) is 14.2. The SMILES string of the molecule is CCC(Nc1nc([As]Cc2cccnc2)c2ncn(C(C)C)c2n1)C(C)O. The summed E-state index contributed by atoms with van der Waals surface area (Å²) in [6, 6.07) is 4.23. The molecule has 27 heavy (non-hydrogen) atoms. The van der Waals surface area contributed by atoms with Crippen molar-refractivity contribution in [3.63, 3.8) is 0 Å². The van der Waals surface area contributed by atoms with Crippen LogP contribution in [0.1, 0.15) is 45.7 Å². The van der Waals surface area contributed by atoms with Crippen LogP contribution in [0.2, 0.25) is 0 Å². The van der Waals surface area contributed by atoms with Gasteiger partial charge in [-0.1, -0.05) is 0 Å². The Morgan fingerprint density at radius 2 is 2.07 bits per heavy atom. The molecule has 0 spiro atoms. The molecule has 3 rings (SSSR count). The van der Waals surface area contributed by atoms with Crippen LogP contribution in [0.3, 0.4) is 0 Å². The van der Waals surface area contributed by atoms with Gasteiger partial charge in [-0.3, -0.25) is 0 Å². The fourth-order valence-electron chi connectivity index (χ4n) is 2.84. The monoisotopic (exact) mass is 429 g/mol. The zero-order valence-electron chi connectivity index (χ0n) is 16.2. The summed E-state index contributed by atoms with van der Waals surface area (Å²) < 4.78 is 3.07. The predicted molar refractivity (Wildman–Crippen MR) is 108 cm³/mol. The normalized spacial score (nSPS) is 14.3. The first-order valence-corrected chi connectivity index (χ1v) is 11.5. The number of rotatable bonds is 8. The van der Waals surface area contributed by atoms with Crippen LogP contribution in [-0.4, -0.2) is 57.5 Å². The van der Waals surface area contributed by atoms with Gasteiger partial charge in [-0.25, -0.2) is 0 Å². The molecule has 2 N–H and O–H groups in total. The van der Waals surface area contributed by atoms with E-state index in [1.165, 1.54) is 5.56 Å². The standard InChI is InChI=1S/C19H26AsN6O/c1-5-15(13(4)27)23-19-24-17(20-9-14-7-6-8-21-10-14)16-18(25-19)26(11-22-16)12(2)3/h6-8,10-13,15,27H,5,9H2,1-4H3,(H,23,24,25). The van der Waals surface area contributed by atoms with Crippen LogP contribution in [0.25, 0.3) is 11.2 Å². The van der Waals surface area contributed by atoms with Crippen LogP contribution in [0.5, 0.6) is 0 Å². The summed E-state index contributed by atoms with van der Waals surface area (Å²) in [5.41, 5.74) is 2.93. The van der Waals surface area contributed by atoms with Crippen molar-refractivity contribution in [2.24, 2.45) is 0 Å². The second-order valence-electron chi connectivity index (χ2n) is 6.87. The maximum atomic E-state index is 9.97. The Morgan fingerprint density at radius 1 is 1.26 bits per heavy atom. The first-order valence-electron chi connectivity index (χ1n) is 9.25. The molecule has 0 bridgehead atoms. The van der Waals surface area contributed by atoms with E-state index in [9.17, 15) is 5.11 Å². The second-order valence-corrected chi connectivity index (χ2v) is 9.08. The Hall–Kier alpha value is -1.98.